The Bertz CT molecular complexity index is 2800. The number of nitrogens with two attached hydrogens (primary N) is 1. The van der Waals surface area contributed by atoms with Gasteiger partial charge in [0.1, 0.15) is 42.9 Å². The summed E-state index contributed by atoms with van der Waals surface area (Å²) in [7, 11) is 5.96. The summed E-state index contributed by atoms with van der Waals surface area (Å²) in [6.07, 6.45) is -0.201. The lowest BCUT2D eigenvalue weighted by atomic mass is 9.89. The van der Waals surface area contributed by atoms with Crippen LogP contribution in [-0.4, -0.2) is 186 Å². The summed E-state index contributed by atoms with van der Waals surface area (Å²) in [4.78, 5) is 152. The standard InChI is InChI=1S/C67H104N10O16/c1-15-17-28-49(78)56(59(83)45-24-19-18-20-25-45)74-61(84)43(10)60(92-14)48-27-23-36-77(48)52(80)37-50(91-13)58(42(9)16-2)75(11)65(88)55(40(5)6)73-64(87)57(41(7)8)76(12)67(90)93-38-44-31-33-46(34-32-44)70-62(85)47(26-22-35-69-66(68)89)71-63(86)54(39(3)4)72-51(79)29-21-30-53(81)82/h15,18-20,24-25,31-34,39-43,47-48,50,54-60,83H,1,16-17,21-23,26-30,35-38H2,2-14H3,(H,70,85)(H,71,86)(H,72,79)(H,73,87)(H,74,84)(H,81,82)(H3,68,69,89)/t42-,43+,47-,48-,50+,54-,55-,56+,57-,58-,59-,60+/m0/s1. The Morgan fingerprint density at radius 3 is 1.94 bits per heavy atom. The Morgan fingerprint density at radius 2 is 1.38 bits per heavy atom. The molecule has 3 rings (SSSR count). The molecule has 26 nitrogen and oxygen atoms in total. The van der Waals surface area contributed by atoms with Gasteiger partial charge in [-0.3, -0.25) is 48.1 Å². The molecule has 2 aromatic carbocycles. The van der Waals surface area contributed by atoms with Gasteiger partial charge in [0.05, 0.1) is 36.6 Å². The second-order valence-electron chi connectivity index (χ2n) is 25.0. The minimum atomic E-state index is -1.32. The Kier molecular flexibility index (Phi) is 33.7. The Hall–Kier alpha value is -7.97. The largest absolute Gasteiger partial charge is 0.481 e. The topological polar surface area (TPSA) is 364 Å². The van der Waals surface area contributed by atoms with Gasteiger partial charge < -0.3 is 71.9 Å². The maximum atomic E-state index is 14.8. The number of benzene rings is 2. The van der Waals surface area contributed by atoms with Crippen molar-refractivity contribution in [3.8, 4) is 0 Å². The van der Waals surface area contributed by atoms with E-state index in [0.717, 1.165) is 4.90 Å². The number of carbonyl (C=O) groups is 11. The number of hydrogen-bond acceptors (Lipinski definition) is 15. The highest BCUT2D eigenvalue weighted by Crippen LogP contribution is 2.31. The van der Waals surface area contributed by atoms with E-state index in [9.17, 15) is 57.8 Å². The van der Waals surface area contributed by atoms with Gasteiger partial charge in [-0.1, -0.05) is 117 Å². The molecule has 10 N–H and O–H groups in total. The number of methoxy groups -OCH3 is 2. The van der Waals surface area contributed by atoms with Crippen molar-refractivity contribution in [2.24, 2.45) is 35.3 Å². The number of carbonyl (C=O) groups excluding carboxylic acids is 10. The van der Waals surface area contributed by atoms with Crippen LogP contribution < -0.4 is 37.6 Å². The zero-order valence-corrected chi connectivity index (χ0v) is 56.6. The van der Waals surface area contributed by atoms with Gasteiger partial charge in [-0.05, 0) is 85.5 Å². The number of ketones is 1. The fraction of sp³-hybridized carbons (Fsp3) is 0.627. The van der Waals surface area contributed by atoms with Crippen molar-refractivity contribution in [1.29, 1.82) is 0 Å². The number of amides is 10. The van der Waals surface area contributed by atoms with Crippen LogP contribution in [0, 0.1) is 29.6 Å². The number of urea groups is 1. The van der Waals surface area contributed by atoms with Crippen LogP contribution in [0.3, 0.4) is 0 Å². The molecule has 1 fully saturated rings. The summed E-state index contributed by atoms with van der Waals surface area (Å²) < 4.78 is 17.7. The smallest absolute Gasteiger partial charge is 0.410 e. The van der Waals surface area contributed by atoms with Crippen LogP contribution >= 0.6 is 0 Å². The summed E-state index contributed by atoms with van der Waals surface area (Å²) in [5.41, 5.74) is 6.49. The number of Topliss-reactive ketones (excluding diaryl/α,β-unsaturated/α-hetero) is 1. The van der Waals surface area contributed by atoms with Crippen molar-refractivity contribution in [1.82, 2.24) is 41.3 Å². The minimum absolute atomic E-state index is 0.0521. The van der Waals surface area contributed by atoms with Crippen LogP contribution in [0.15, 0.2) is 67.3 Å². The molecule has 0 aliphatic carbocycles. The van der Waals surface area contributed by atoms with Crippen LogP contribution in [0.4, 0.5) is 15.3 Å². The lowest BCUT2D eigenvalue weighted by molar-refractivity contribution is -0.148. The van der Waals surface area contributed by atoms with Crippen LogP contribution in [0.5, 0.6) is 0 Å². The molecule has 0 saturated carbocycles. The highest BCUT2D eigenvalue weighted by atomic mass is 16.6. The van der Waals surface area contributed by atoms with Gasteiger partial charge in [-0.25, -0.2) is 9.59 Å². The molecular formula is C67H104N10O16. The number of hydrogen-bond donors (Lipinski definition) is 9. The van der Waals surface area contributed by atoms with E-state index in [1.807, 2.05) is 13.8 Å². The normalized spacial score (nSPS) is 16.6. The van der Waals surface area contributed by atoms with E-state index in [0.29, 0.717) is 49.0 Å². The number of carboxylic acids is 1. The number of rotatable bonds is 40. The van der Waals surface area contributed by atoms with Crippen molar-refractivity contribution in [3.63, 3.8) is 0 Å². The van der Waals surface area contributed by atoms with E-state index in [2.05, 4.69) is 38.5 Å². The molecule has 1 aliphatic rings. The molecule has 12 atom stereocenters. The lowest BCUT2D eigenvalue weighted by Gasteiger charge is -2.41. The molecule has 2 aromatic rings. The third-order valence-corrected chi connectivity index (χ3v) is 17.0. The van der Waals surface area contributed by atoms with Crippen LogP contribution in [0.2, 0.25) is 0 Å². The molecule has 1 saturated heterocycles. The number of likely N-dealkylation sites (N-methyl/N-ethyl adjacent to an activating group) is 2. The number of aliphatic carboxylic acids is 1. The first-order chi connectivity index (χ1) is 43.9. The quantitative estimate of drug-likeness (QED) is 0.0299. The SMILES string of the molecule is C=CCCC(=O)[C@@H](NC(=O)[C@H](C)[C@@H](OC)[C@@H]1CCCN1C(=O)C[C@@H](OC)[C@H]([C@@H](C)CC)N(C)C(=O)[C@@H](NC(=O)[C@H](C(C)C)N(C)C(=O)OCc1ccc(NC(=O)[C@H](CCCNC(N)=O)NC(=O)[C@@H](NC(=O)CCCC(=O)O)C(C)C)cc1)C(C)C)[C@@H](O)c1ccccc1. The zero-order valence-electron chi connectivity index (χ0n) is 56.6. The first-order valence-corrected chi connectivity index (χ1v) is 32.2. The number of allylic oxidation sites excluding steroid dienone is 1. The highest BCUT2D eigenvalue weighted by Gasteiger charge is 2.44. The van der Waals surface area contributed by atoms with Crippen molar-refractivity contribution >= 4 is 70.9 Å². The van der Waals surface area contributed by atoms with Gasteiger partial charge in [0.2, 0.25) is 41.4 Å². The number of nitrogens with one attached hydrogen (secondary N) is 6. The van der Waals surface area contributed by atoms with Gasteiger partial charge in [0.15, 0.2) is 5.78 Å². The molecule has 518 valence electrons. The zero-order chi connectivity index (χ0) is 69.8. The molecule has 0 radical (unpaired) electrons. The number of ether oxygens (including phenoxy) is 3. The number of likely N-dealkylation sites (tertiary alicyclic amines) is 1. The monoisotopic (exact) mass is 1300 g/mol. The predicted octanol–water partition coefficient (Wildman–Crippen LogP) is 5.36. The molecule has 1 aliphatic heterocycles. The van der Waals surface area contributed by atoms with Crippen molar-refractivity contribution < 1.29 is 77.2 Å². The molecule has 10 amide bonds. The van der Waals surface area contributed by atoms with Crippen molar-refractivity contribution in [3.05, 3.63) is 78.4 Å². The van der Waals surface area contributed by atoms with Gasteiger partial charge in [0.25, 0.3) is 0 Å². The first kappa shape index (κ1) is 79.3. The Balaban J connectivity index is 1.74. The second kappa shape index (κ2) is 39.5. The highest BCUT2D eigenvalue weighted by molar-refractivity contribution is 5.99. The molecule has 1 heterocycles. The summed E-state index contributed by atoms with van der Waals surface area (Å²) in [6, 6.07) is 7.27. The van der Waals surface area contributed by atoms with Gasteiger partial charge in [0, 0.05) is 66.4 Å². The molecule has 93 heavy (non-hydrogen) atoms. The summed E-state index contributed by atoms with van der Waals surface area (Å²) in [5, 5.41) is 36.5. The summed E-state index contributed by atoms with van der Waals surface area (Å²) in [6.45, 7) is 20.0. The van der Waals surface area contributed by atoms with E-state index in [4.69, 9.17) is 25.1 Å². The number of nitrogens with zero attached hydrogens (tertiary/aromatic N) is 3. The average molecular weight is 1310 g/mol. The molecule has 0 spiro atoms. The second-order valence-corrected chi connectivity index (χ2v) is 25.0. The van der Waals surface area contributed by atoms with Crippen LogP contribution in [-0.2, 0) is 64.0 Å². The molecule has 0 unspecified atom stereocenters. The molecule has 0 bridgehead atoms. The van der Waals surface area contributed by atoms with Crippen molar-refractivity contribution in [2.75, 3.05) is 46.7 Å². The third kappa shape index (κ3) is 24.5. The van der Waals surface area contributed by atoms with Gasteiger partial charge in [-0.2, -0.15) is 0 Å². The van der Waals surface area contributed by atoms with E-state index < -0.39 is 138 Å². The predicted molar refractivity (Wildman–Crippen MR) is 349 cm³/mol. The van der Waals surface area contributed by atoms with E-state index in [1.54, 1.807) is 121 Å². The number of aliphatic hydroxyl groups is 1. The third-order valence-electron chi connectivity index (χ3n) is 17.0. The maximum absolute atomic E-state index is 14.8. The van der Waals surface area contributed by atoms with Crippen molar-refractivity contribution in [2.45, 2.75) is 200 Å². The number of aliphatic hydroxyl groups excluding tert-OH is 1. The minimum Gasteiger partial charge on any atom is -0.481 e. The van der Waals surface area contributed by atoms with E-state index in [-0.39, 0.29) is 75.7 Å². The van der Waals surface area contributed by atoms with E-state index >= 15 is 0 Å². The number of carboxylic acid groups (broad SMARTS) is 1. The molecule has 26 heteroatoms. The van der Waals surface area contributed by atoms with Gasteiger partial charge >= 0.3 is 18.1 Å². The fourth-order valence-corrected chi connectivity index (χ4v) is 11.6. The van der Waals surface area contributed by atoms with Gasteiger partial charge in [-0.15, -0.1) is 6.58 Å². The van der Waals surface area contributed by atoms with E-state index in [1.165, 1.54) is 26.2 Å². The average Bonchev–Trinajstić information content (AvgIpc) is 2.03. The fourth-order valence-electron chi connectivity index (χ4n) is 11.6. The maximum Gasteiger partial charge on any atom is 0.410 e. The Morgan fingerprint density at radius 1 is 0.742 bits per heavy atom. The first-order valence-electron chi connectivity index (χ1n) is 32.2. The molecular weight excluding hydrogens is 1200 g/mol. The molecule has 0 aromatic heterocycles. The summed E-state index contributed by atoms with van der Waals surface area (Å²) in [5.74, 6) is -7.52. The summed E-state index contributed by atoms with van der Waals surface area (Å²) >= 11 is 0. The Labute approximate surface area is 547 Å². The number of anilines is 1. The van der Waals surface area contributed by atoms with Crippen LogP contribution in [0.1, 0.15) is 150 Å². The van der Waals surface area contributed by atoms with Crippen LogP contribution in [0.25, 0.3) is 0 Å². The lowest BCUT2D eigenvalue weighted by Crippen LogP contribution is -2.60. The number of primary amides is 1.